The summed E-state index contributed by atoms with van der Waals surface area (Å²) in [6.07, 6.45) is 6.48. The molecule has 2 N–H and O–H groups in total. The van der Waals surface area contributed by atoms with E-state index in [2.05, 4.69) is 27.1 Å². The van der Waals surface area contributed by atoms with Crippen LogP contribution in [0.4, 0.5) is 0 Å². The topological polar surface area (TPSA) is 43.8 Å². The fraction of sp³-hybridized carbons (Fsp3) is 0.417. The predicted octanol–water partition coefficient (Wildman–Crippen LogP) is 2.52. The molecular formula is C12H15N3S. The molecule has 0 saturated heterocycles. The number of rotatable bonds is 4. The van der Waals surface area contributed by atoms with Gasteiger partial charge in [-0.25, -0.2) is 4.98 Å². The fourth-order valence-electron chi connectivity index (χ4n) is 2.20. The predicted molar refractivity (Wildman–Crippen MR) is 66.4 cm³/mol. The first-order chi connectivity index (χ1) is 7.90. The van der Waals surface area contributed by atoms with Gasteiger partial charge in [0.1, 0.15) is 0 Å². The Morgan fingerprint density at radius 3 is 3.06 bits per heavy atom. The Morgan fingerprint density at radius 1 is 1.56 bits per heavy atom. The van der Waals surface area contributed by atoms with E-state index in [0.717, 1.165) is 5.92 Å². The number of nitrogens with zero attached hydrogens (tertiary/aromatic N) is 2. The van der Waals surface area contributed by atoms with Crippen LogP contribution in [0.2, 0.25) is 0 Å². The molecule has 0 aliphatic heterocycles. The zero-order chi connectivity index (χ0) is 11.0. The molecule has 84 valence electrons. The van der Waals surface area contributed by atoms with E-state index in [-0.39, 0.29) is 0 Å². The highest BCUT2D eigenvalue weighted by molar-refractivity contribution is 7.13. The van der Waals surface area contributed by atoms with Gasteiger partial charge in [-0.2, -0.15) is 0 Å². The van der Waals surface area contributed by atoms with E-state index in [1.807, 2.05) is 12.5 Å². The third-order valence-electron chi connectivity index (χ3n) is 3.20. The number of imidazole rings is 1. The summed E-state index contributed by atoms with van der Waals surface area (Å²) in [5.74, 6) is 0.762. The van der Waals surface area contributed by atoms with Crippen LogP contribution in [0.1, 0.15) is 18.9 Å². The third kappa shape index (κ3) is 1.68. The van der Waals surface area contributed by atoms with Gasteiger partial charge in [0, 0.05) is 6.54 Å². The van der Waals surface area contributed by atoms with Crippen molar-refractivity contribution in [1.82, 2.24) is 9.55 Å². The largest absolute Gasteiger partial charge is 0.328 e. The maximum atomic E-state index is 5.88. The summed E-state index contributed by atoms with van der Waals surface area (Å²) in [4.78, 5) is 5.55. The quantitative estimate of drug-likeness (QED) is 0.882. The minimum absolute atomic E-state index is 0.430. The van der Waals surface area contributed by atoms with Crippen LogP contribution < -0.4 is 5.73 Å². The van der Waals surface area contributed by atoms with E-state index in [1.165, 1.54) is 23.4 Å². The summed E-state index contributed by atoms with van der Waals surface area (Å²) in [7, 11) is 0. The Bertz CT molecular complexity index is 456. The first-order valence-electron chi connectivity index (χ1n) is 5.66. The molecule has 3 rings (SSSR count). The average Bonchev–Trinajstić information content (AvgIpc) is 2.83. The van der Waals surface area contributed by atoms with E-state index >= 15 is 0 Å². The van der Waals surface area contributed by atoms with Gasteiger partial charge >= 0.3 is 0 Å². The summed E-state index contributed by atoms with van der Waals surface area (Å²) in [5, 5.41) is 2.10. The lowest BCUT2D eigenvalue weighted by atomic mass is 10.1. The maximum Gasteiger partial charge on any atom is 0.0954 e. The lowest BCUT2D eigenvalue weighted by Crippen LogP contribution is -2.21. The van der Waals surface area contributed by atoms with Gasteiger partial charge in [-0.05, 0) is 30.2 Å². The van der Waals surface area contributed by atoms with Crippen LogP contribution in [0.25, 0.3) is 10.6 Å². The first-order valence-corrected chi connectivity index (χ1v) is 6.54. The molecule has 2 heterocycles. The lowest BCUT2D eigenvalue weighted by molar-refractivity contribution is 0.458. The van der Waals surface area contributed by atoms with Crippen molar-refractivity contribution in [3.05, 3.63) is 30.0 Å². The van der Waals surface area contributed by atoms with Crippen LogP contribution in [0.5, 0.6) is 0 Å². The summed E-state index contributed by atoms with van der Waals surface area (Å²) < 4.78 is 2.25. The minimum Gasteiger partial charge on any atom is -0.328 e. The Hall–Kier alpha value is -1.13. The van der Waals surface area contributed by atoms with Gasteiger partial charge in [-0.15, -0.1) is 11.3 Å². The Labute approximate surface area is 98.9 Å². The summed E-state index contributed by atoms with van der Waals surface area (Å²) >= 11 is 1.75. The van der Waals surface area contributed by atoms with Gasteiger partial charge in [0.2, 0.25) is 0 Å². The molecule has 0 spiro atoms. The van der Waals surface area contributed by atoms with Crippen LogP contribution in [-0.2, 0) is 0 Å². The Balaban J connectivity index is 1.98. The van der Waals surface area contributed by atoms with Crippen LogP contribution in [-0.4, -0.2) is 16.1 Å². The van der Waals surface area contributed by atoms with E-state index in [0.29, 0.717) is 12.6 Å². The van der Waals surface area contributed by atoms with Gasteiger partial charge < -0.3 is 10.3 Å². The molecular weight excluding hydrogens is 218 g/mol. The van der Waals surface area contributed by atoms with Crippen LogP contribution in [0.15, 0.2) is 30.0 Å². The van der Waals surface area contributed by atoms with Crippen molar-refractivity contribution in [2.24, 2.45) is 11.7 Å². The second-order valence-corrected chi connectivity index (χ2v) is 5.25. The molecule has 0 aromatic carbocycles. The van der Waals surface area contributed by atoms with Gasteiger partial charge in [0.05, 0.1) is 29.1 Å². The van der Waals surface area contributed by atoms with Crippen molar-refractivity contribution in [1.29, 1.82) is 0 Å². The zero-order valence-electron chi connectivity index (χ0n) is 9.04. The molecule has 2 aromatic heterocycles. The molecule has 16 heavy (non-hydrogen) atoms. The van der Waals surface area contributed by atoms with Crippen LogP contribution >= 0.6 is 11.3 Å². The number of aromatic nitrogens is 2. The van der Waals surface area contributed by atoms with Crippen molar-refractivity contribution in [2.45, 2.75) is 18.9 Å². The fourth-order valence-corrected chi connectivity index (χ4v) is 2.94. The van der Waals surface area contributed by atoms with E-state index < -0.39 is 0 Å². The molecule has 0 bridgehead atoms. The highest BCUT2D eigenvalue weighted by atomic mass is 32.1. The number of hydrogen-bond acceptors (Lipinski definition) is 3. The van der Waals surface area contributed by atoms with Crippen molar-refractivity contribution < 1.29 is 0 Å². The van der Waals surface area contributed by atoms with E-state index in [1.54, 1.807) is 11.3 Å². The molecule has 4 heteroatoms. The molecule has 1 aliphatic carbocycles. The molecule has 1 fully saturated rings. The van der Waals surface area contributed by atoms with Crippen LogP contribution in [0.3, 0.4) is 0 Å². The standard InChI is InChI=1S/C12H15N3S/c13-6-10(9-3-4-9)15-8-14-7-11(15)12-2-1-5-16-12/h1-2,5,7-10H,3-4,6,13H2. The Morgan fingerprint density at radius 2 is 2.44 bits per heavy atom. The highest BCUT2D eigenvalue weighted by Crippen LogP contribution is 2.41. The van der Waals surface area contributed by atoms with Crippen molar-refractivity contribution in [3.8, 4) is 10.6 Å². The smallest absolute Gasteiger partial charge is 0.0954 e. The van der Waals surface area contributed by atoms with E-state index in [4.69, 9.17) is 5.73 Å². The molecule has 1 saturated carbocycles. The van der Waals surface area contributed by atoms with Gasteiger partial charge in [-0.1, -0.05) is 6.07 Å². The average molecular weight is 233 g/mol. The molecule has 0 amide bonds. The monoisotopic (exact) mass is 233 g/mol. The summed E-state index contributed by atoms with van der Waals surface area (Å²) in [5.41, 5.74) is 7.09. The summed E-state index contributed by atoms with van der Waals surface area (Å²) in [6.45, 7) is 0.708. The number of nitrogens with two attached hydrogens (primary N) is 1. The van der Waals surface area contributed by atoms with Gasteiger partial charge in [0.15, 0.2) is 0 Å². The maximum absolute atomic E-state index is 5.88. The SMILES string of the molecule is NCC(C1CC1)n1cncc1-c1cccs1. The van der Waals surface area contributed by atoms with Crippen molar-refractivity contribution >= 4 is 11.3 Å². The van der Waals surface area contributed by atoms with Crippen molar-refractivity contribution in [2.75, 3.05) is 6.54 Å². The Kier molecular flexibility index (Phi) is 2.53. The highest BCUT2D eigenvalue weighted by Gasteiger charge is 2.32. The number of thiophene rings is 1. The van der Waals surface area contributed by atoms with Crippen molar-refractivity contribution in [3.63, 3.8) is 0 Å². The van der Waals surface area contributed by atoms with E-state index in [9.17, 15) is 0 Å². The molecule has 1 unspecified atom stereocenters. The van der Waals surface area contributed by atoms with Gasteiger partial charge in [0.25, 0.3) is 0 Å². The molecule has 1 aliphatic rings. The molecule has 2 aromatic rings. The van der Waals surface area contributed by atoms with Crippen LogP contribution in [0, 0.1) is 5.92 Å². The molecule has 3 nitrogen and oxygen atoms in total. The molecule has 0 radical (unpaired) electrons. The number of hydrogen-bond donors (Lipinski definition) is 1. The zero-order valence-corrected chi connectivity index (χ0v) is 9.86. The second-order valence-electron chi connectivity index (χ2n) is 4.30. The summed E-state index contributed by atoms with van der Waals surface area (Å²) in [6, 6.07) is 4.64. The first kappa shape index (κ1) is 10.1. The van der Waals surface area contributed by atoms with Gasteiger partial charge in [-0.3, -0.25) is 0 Å². The lowest BCUT2D eigenvalue weighted by Gasteiger charge is -2.18. The normalized spacial score (nSPS) is 17.6. The molecule has 1 atom stereocenters. The second kappa shape index (κ2) is 4.03. The minimum atomic E-state index is 0.430. The third-order valence-corrected chi connectivity index (χ3v) is 4.10.